The van der Waals surface area contributed by atoms with E-state index in [0.717, 1.165) is 0 Å². The summed E-state index contributed by atoms with van der Waals surface area (Å²) in [5, 5.41) is 5.07. The monoisotopic (exact) mass is 376 g/mol. The first kappa shape index (κ1) is 18.2. The summed E-state index contributed by atoms with van der Waals surface area (Å²) in [7, 11) is 3.10. The van der Waals surface area contributed by atoms with Crippen LogP contribution in [0.15, 0.2) is 23.6 Å². The molecule has 0 saturated carbocycles. The van der Waals surface area contributed by atoms with Gasteiger partial charge >= 0.3 is 0 Å². The van der Waals surface area contributed by atoms with E-state index in [4.69, 9.17) is 15.2 Å². The first-order chi connectivity index (χ1) is 12.5. The molecule has 26 heavy (non-hydrogen) atoms. The highest BCUT2D eigenvalue weighted by Gasteiger charge is 2.34. The topological polar surface area (TPSA) is 107 Å². The van der Waals surface area contributed by atoms with Gasteiger partial charge in [0, 0.05) is 36.7 Å². The Kier molecular flexibility index (Phi) is 5.38. The van der Waals surface area contributed by atoms with Gasteiger partial charge in [0.2, 0.25) is 5.91 Å². The smallest absolute Gasteiger partial charge is 0.271 e. The van der Waals surface area contributed by atoms with Crippen molar-refractivity contribution in [3.05, 3.63) is 34.3 Å². The van der Waals surface area contributed by atoms with Crippen LogP contribution >= 0.6 is 11.3 Å². The third-order valence-corrected chi connectivity index (χ3v) is 4.99. The lowest BCUT2D eigenvalue weighted by molar-refractivity contribution is -0.118. The van der Waals surface area contributed by atoms with Gasteiger partial charge in [-0.15, -0.1) is 11.3 Å². The van der Waals surface area contributed by atoms with Gasteiger partial charge in [-0.3, -0.25) is 9.59 Å². The Hall–Kier alpha value is -2.65. The molecule has 1 fully saturated rings. The molecule has 9 heteroatoms. The van der Waals surface area contributed by atoms with Crippen LogP contribution < -0.4 is 25.4 Å². The van der Waals surface area contributed by atoms with E-state index in [-0.39, 0.29) is 24.1 Å². The van der Waals surface area contributed by atoms with Gasteiger partial charge in [-0.25, -0.2) is 4.98 Å². The van der Waals surface area contributed by atoms with E-state index >= 15 is 0 Å². The van der Waals surface area contributed by atoms with Crippen LogP contribution in [0.2, 0.25) is 0 Å². The van der Waals surface area contributed by atoms with Crippen molar-refractivity contribution < 1.29 is 19.1 Å². The van der Waals surface area contributed by atoms with Crippen LogP contribution in [0.25, 0.3) is 0 Å². The maximum absolute atomic E-state index is 12.7. The third-order valence-electron chi connectivity index (χ3n) is 4.12. The van der Waals surface area contributed by atoms with E-state index in [1.807, 2.05) is 0 Å². The highest BCUT2D eigenvalue weighted by molar-refractivity contribution is 7.09. The lowest BCUT2D eigenvalue weighted by Gasteiger charge is -2.19. The van der Waals surface area contributed by atoms with Crippen molar-refractivity contribution in [1.82, 2.24) is 10.3 Å². The summed E-state index contributed by atoms with van der Waals surface area (Å²) < 4.78 is 10.5. The lowest BCUT2D eigenvalue weighted by Crippen LogP contribution is -2.41. The first-order valence-electron chi connectivity index (χ1n) is 8.05. The second-order valence-corrected chi connectivity index (χ2v) is 6.65. The maximum atomic E-state index is 12.7. The number of aromatic nitrogens is 1. The summed E-state index contributed by atoms with van der Waals surface area (Å²) in [4.78, 5) is 30.8. The van der Waals surface area contributed by atoms with E-state index in [1.54, 1.807) is 42.7 Å². The summed E-state index contributed by atoms with van der Waals surface area (Å²) in [5.74, 6) is 0.639. The predicted octanol–water partition coefficient (Wildman–Crippen LogP) is 1.15. The van der Waals surface area contributed by atoms with E-state index < -0.39 is 6.04 Å². The molecule has 1 atom stereocenters. The molecule has 0 bridgehead atoms. The van der Waals surface area contributed by atoms with Crippen LogP contribution in [0, 0.1) is 0 Å². The van der Waals surface area contributed by atoms with E-state index in [9.17, 15) is 9.59 Å². The van der Waals surface area contributed by atoms with Crippen LogP contribution in [0.3, 0.4) is 0 Å². The molecule has 0 aliphatic carbocycles. The number of nitrogens with two attached hydrogens (primary N) is 1. The molecule has 2 heterocycles. The number of benzene rings is 1. The molecule has 1 aliphatic heterocycles. The van der Waals surface area contributed by atoms with Crippen LogP contribution in [-0.4, -0.2) is 43.6 Å². The number of carbonyl (C=O) groups is 2. The Morgan fingerprint density at radius 2 is 2.04 bits per heavy atom. The molecule has 138 valence electrons. The Balaban J connectivity index is 1.72. The average molecular weight is 376 g/mol. The summed E-state index contributed by atoms with van der Waals surface area (Å²) in [6.07, 6.45) is 0.512. The number of anilines is 1. The van der Waals surface area contributed by atoms with Crippen molar-refractivity contribution in [3.63, 3.8) is 0 Å². The van der Waals surface area contributed by atoms with E-state index in [1.165, 1.54) is 11.3 Å². The van der Waals surface area contributed by atoms with Crippen molar-refractivity contribution in [1.29, 1.82) is 0 Å². The largest absolute Gasteiger partial charge is 0.497 e. The fraction of sp³-hybridized carbons (Fsp3) is 0.353. The minimum absolute atomic E-state index is 0.178. The number of rotatable bonds is 6. The van der Waals surface area contributed by atoms with Gasteiger partial charge in [-0.2, -0.15) is 0 Å². The van der Waals surface area contributed by atoms with Crippen LogP contribution in [0.5, 0.6) is 11.5 Å². The van der Waals surface area contributed by atoms with E-state index in [0.29, 0.717) is 35.2 Å². The van der Waals surface area contributed by atoms with Gasteiger partial charge in [0.1, 0.15) is 28.2 Å². The third kappa shape index (κ3) is 3.63. The highest BCUT2D eigenvalue weighted by atomic mass is 32.1. The van der Waals surface area contributed by atoms with Gasteiger partial charge in [-0.1, -0.05) is 0 Å². The number of hydrogen-bond donors (Lipinski definition) is 2. The Bertz CT molecular complexity index is 801. The molecule has 2 amide bonds. The zero-order valence-corrected chi connectivity index (χ0v) is 15.3. The zero-order chi connectivity index (χ0) is 18.7. The lowest BCUT2D eigenvalue weighted by atomic mass is 10.2. The SMILES string of the molecule is COc1cc(OC)cc(N2CCC(NC(=O)c3csc(CN)n3)C2=O)c1. The number of amides is 2. The molecule has 2 aromatic rings. The minimum atomic E-state index is -0.595. The summed E-state index contributed by atoms with van der Waals surface area (Å²) in [6.45, 7) is 0.775. The second kappa shape index (κ2) is 7.71. The number of methoxy groups -OCH3 is 2. The predicted molar refractivity (Wildman–Crippen MR) is 97.8 cm³/mol. The Morgan fingerprint density at radius 3 is 2.62 bits per heavy atom. The standard InChI is InChI=1S/C17H20N4O4S/c1-24-11-5-10(6-12(7-11)25-2)21-4-3-13(17(21)23)20-16(22)14-9-26-15(8-18)19-14/h5-7,9,13H,3-4,8,18H2,1-2H3,(H,20,22). The van der Waals surface area contributed by atoms with E-state index in [2.05, 4.69) is 10.3 Å². The Morgan fingerprint density at radius 1 is 1.35 bits per heavy atom. The molecular formula is C17H20N4O4S. The van der Waals surface area contributed by atoms with Crippen molar-refractivity contribution in [2.75, 3.05) is 25.7 Å². The fourth-order valence-corrected chi connectivity index (χ4v) is 3.41. The van der Waals surface area contributed by atoms with Crippen LogP contribution in [0.1, 0.15) is 21.9 Å². The van der Waals surface area contributed by atoms with Gasteiger partial charge in [-0.05, 0) is 6.42 Å². The van der Waals surface area contributed by atoms with Crippen LogP contribution in [-0.2, 0) is 11.3 Å². The van der Waals surface area contributed by atoms with Crippen molar-refractivity contribution in [3.8, 4) is 11.5 Å². The maximum Gasteiger partial charge on any atom is 0.271 e. The quantitative estimate of drug-likeness (QED) is 0.783. The fourth-order valence-electron chi connectivity index (χ4n) is 2.76. The molecule has 1 aliphatic rings. The molecule has 8 nitrogen and oxygen atoms in total. The molecule has 3 rings (SSSR count). The molecule has 1 aromatic carbocycles. The van der Waals surface area contributed by atoms with Crippen molar-refractivity contribution in [2.45, 2.75) is 19.0 Å². The normalized spacial score (nSPS) is 16.7. The molecular weight excluding hydrogens is 356 g/mol. The van der Waals surface area contributed by atoms with Crippen molar-refractivity contribution in [2.24, 2.45) is 5.73 Å². The first-order valence-corrected chi connectivity index (χ1v) is 8.93. The van der Waals surface area contributed by atoms with Gasteiger partial charge in [0.15, 0.2) is 0 Å². The highest BCUT2D eigenvalue weighted by Crippen LogP contribution is 2.31. The molecule has 0 radical (unpaired) electrons. The average Bonchev–Trinajstić information content (AvgIpc) is 3.28. The molecule has 1 aromatic heterocycles. The van der Waals surface area contributed by atoms with Crippen molar-refractivity contribution >= 4 is 28.8 Å². The number of carbonyl (C=O) groups excluding carboxylic acids is 2. The summed E-state index contributed by atoms with van der Waals surface area (Å²) in [6, 6.07) is 4.67. The summed E-state index contributed by atoms with van der Waals surface area (Å²) >= 11 is 1.32. The minimum Gasteiger partial charge on any atom is -0.497 e. The number of thiazole rings is 1. The molecule has 0 spiro atoms. The number of ether oxygens (including phenoxy) is 2. The molecule has 3 N–H and O–H groups in total. The number of nitrogens with one attached hydrogen (secondary N) is 1. The molecule has 1 saturated heterocycles. The molecule has 1 unspecified atom stereocenters. The van der Waals surface area contributed by atoms with Gasteiger partial charge in [0.05, 0.1) is 19.9 Å². The number of hydrogen-bond acceptors (Lipinski definition) is 7. The van der Waals surface area contributed by atoms with Gasteiger partial charge < -0.3 is 25.4 Å². The zero-order valence-electron chi connectivity index (χ0n) is 14.5. The second-order valence-electron chi connectivity index (χ2n) is 5.71. The summed E-state index contributed by atoms with van der Waals surface area (Å²) in [5.41, 5.74) is 6.46. The Labute approximate surface area is 154 Å². The van der Waals surface area contributed by atoms with Gasteiger partial charge in [0.25, 0.3) is 5.91 Å². The van der Waals surface area contributed by atoms with Crippen LogP contribution in [0.4, 0.5) is 5.69 Å². The number of nitrogens with zero attached hydrogens (tertiary/aromatic N) is 2.